The van der Waals surface area contributed by atoms with E-state index >= 15 is 0 Å². The van der Waals surface area contributed by atoms with Gasteiger partial charge in [0.15, 0.2) is 6.61 Å². The van der Waals surface area contributed by atoms with Gasteiger partial charge in [0, 0.05) is 6.20 Å². The number of nitrogens with one attached hydrogen (secondary N) is 1. The summed E-state index contributed by atoms with van der Waals surface area (Å²) in [5.74, 6) is -4.18. The van der Waals surface area contributed by atoms with E-state index in [0.717, 1.165) is 0 Å². The van der Waals surface area contributed by atoms with Crippen molar-refractivity contribution in [1.82, 2.24) is 9.97 Å². The van der Waals surface area contributed by atoms with Crippen molar-refractivity contribution in [2.45, 2.75) is 12.3 Å². The van der Waals surface area contributed by atoms with E-state index in [2.05, 4.69) is 14.7 Å². The lowest BCUT2D eigenvalue weighted by Gasteiger charge is -2.16. The van der Waals surface area contributed by atoms with E-state index in [1.807, 2.05) is 0 Å². The molecule has 2 rings (SSSR count). The van der Waals surface area contributed by atoms with Gasteiger partial charge in [-0.3, -0.25) is 0 Å². The minimum absolute atomic E-state index is 0.0236. The second-order valence-electron chi connectivity index (χ2n) is 4.16. The summed E-state index contributed by atoms with van der Waals surface area (Å²) in [6.07, 6.45) is -2.46. The molecule has 0 aliphatic carbocycles. The Hall–Kier alpha value is -2.38. The van der Waals surface area contributed by atoms with Crippen LogP contribution in [0.1, 0.15) is 0 Å². The molecule has 112 valence electrons. The molecule has 0 radical (unpaired) electrons. The number of aromatic amines is 1. The van der Waals surface area contributed by atoms with Gasteiger partial charge in [-0.25, -0.2) is 18.6 Å². The number of nitrogens with zero attached hydrogens (tertiary/aromatic N) is 1. The van der Waals surface area contributed by atoms with E-state index in [9.17, 15) is 22.4 Å². The SMILES string of the molecule is O=c1nccc(-c2ccc(OCC(F)(F)C(F)F)cc2)[nH]1. The highest BCUT2D eigenvalue weighted by Crippen LogP contribution is 2.25. The molecule has 1 aromatic carbocycles. The number of hydrogen-bond acceptors (Lipinski definition) is 3. The topological polar surface area (TPSA) is 55.0 Å². The largest absolute Gasteiger partial charge is 0.487 e. The number of rotatable bonds is 5. The van der Waals surface area contributed by atoms with E-state index < -0.39 is 24.6 Å². The zero-order valence-corrected chi connectivity index (χ0v) is 10.5. The molecular formula is C13H10F4N2O2. The summed E-state index contributed by atoms with van der Waals surface area (Å²) in [5.41, 5.74) is 0.561. The van der Waals surface area contributed by atoms with E-state index in [4.69, 9.17) is 0 Å². The van der Waals surface area contributed by atoms with E-state index in [0.29, 0.717) is 11.3 Å². The Kier molecular flexibility index (Phi) is 4.25. The van der Waals surface area contributed by atoms with Gasteiger partial charge in [0.1, 0.15) is 5.75 Å². The molecule has 0 spiro atoms. The van der Waals surface area contributed by atoms with Crippen LogP contribution in [0.3, 0.4) is 0 Å². The predicted molar refractivity (Wildman–Crippen MR) is 66.7 cm³/mol. The first-order valence-electron chi connectivity index (χ1n) is 5.83. The highest BCUT2D eigenvalue weighted by molar-refractivity contribution is 5.59. The molecule has 2 aromatic rings. The third-order valence-corrected chi connectivity index (χ3v) is 2.59. The van der Waals surface area contributed by atoms with Crippen molar-refractivity contribution < 1.29 is 22.3 Å². The van der Waals surface area contributed by atoms with Crippen molar-refractivity contribution in [1.29, 1.82) is 0 Å². The molecule has 1 N–H and O–H groups in total. The van der Waals surface area contributed by atoms with Crippen LogP contribution in [0, 0.1) is 0 Å². The van der Waals surface area contributed by atoms with Crippen molar-refractivity contribution in [3.05, 3.63) is 47.0 Å². The van der Waals surface area contributed by atoms with Gasteiger partial charge in [0.2, 0.25) is 0 Å². The third kappa shape index (κ3) is 3.80. The molecule has 0 aliphatic heterocycles. The lowest BCUT2D eigenvalue weighted by atomic mass is 10.1. The Labute approximate surface area is 116 Å². The van der Waals surface area contributed by atoms with Crippen LogP contribution in [-0.2, 0) is 0 Å². The zero-order valence-electron chi connectivity index (χ0n) is 10.5. The van der Waals surface area contributed by atoms with Gasteiger partial charge < -0.3 is 9.72 Å². The Morgan fingerprint density at radius 1 is 1.19 bits per heavy atom. The number of ether oxygens (including phenoxy) is 1. The van der Waals surface area contributed by atoms with Crippen molar-refractivity contribution in [3.63, 3.8) is 0 Å². The molecule has 1 heterocycles. The molecule has 0 fully saturated rings. The van der Waals surface area contributed by atoms with Crippen LogP contribution in [0.4, 0.5) is 17.6 Å². The first kappa shape index (κ1) is 15.0. The standard InChI is InChI=1S/C13H10F4N2O2/c14-11(15)13(16,17)7-21-9-3-1-8(2-4-9)10-5-6-18-12(20)19-10/h1-6,11H,7H2,(H,18,19,20). The fourth-order valence-electron chi connectivity index (χ4n) is 1.51. The summed E-state index contributed by atoms with van der Waals surface area (Å²) in [6.45, 7) is -1.41. The summed E-state index contributed by atoms with van der Waals surface area (Å²) in [4.78, 5) is 17.0. The normalized spacial score (nSPS) is 11.7. The second-order valence-corrected chi connectivity index (χ2v) is 4.16. The van der Waals surface area contributed by atoms with Crippen LogP contribution in [0.15, 0.2) is 41.3 Å². The fourth-order valence-corrected chi connectivity index (χ4v) is 1.51. The monoisotopic (exact) mass is 302 g/mol. The van der Waals surface area contributed by atoms with Crippen LogP contribution in [0.5, 0.6) is 5.75 Å². The molecule has 0 bridgehead atoms. The van der Waals surface area contributed by atoms with Gasteiger partial charge >= 0.3 is 18.0 Å². The van der Waals surface area contributed by atoms with Crippen molar-refractivity contribution >= 4 is 0 Å². The summed E-state index contributed by atoms with van der Waals surface area (Å²) < 4.78 is 54.0. The molecule has 0 saturated carbocycles. The first-order chi connectivity index (χ1) is 9.88. The third-order valence-electron chi connectivity index (χ3n) is 2.59. The van der Waals surface area contributed by atoms with E-state index in [1.54, 1.807) is 6.07 Å². The summed E-state index contributed by atoms with van der Waals surface area (Å²) in [6, 6.07) is 7.25. The summed E-state index contributed by atoms with van der Waals surface area (Å²) in [5, 5.41) is 0. The first-order valence-corrected chi connectivity index (χ1v) is 5.83. The second kappa shape index (κ2) is 5.94. The predicted octanol–water partition coefficient (Wildman–Crippen LogP) is 2.72. The van der Waals surface area contributed by atoms with Gasteiger partial charge in [0.05, 0.1) is 5.69 Å². The maximum Gasteiger partial charge on any atom is 0.345 e. The Balaban J connectivity index is 2.08. The highest BCUT2D eigenvalue weighted by Gasteiger charge is 2.41. The quantitative estimate of drug-likeness (QED) is 0.864. The van der Waals surface area contributed by atoms with Gasteiger partial charge in [0.25, 0.3) is 0 Å². The highest BCUT2D eigenvalue weighted by atomic mass is 19.3. The van der Waals surface area contributed by atoms with E-state index in [-0.39, 0.29) is 5.75 Å². The van der Waals surface area contributed by atoms with Gasteiger partial charge in [-0.05, 0) is 35.9 Å². The minimum atomic E-state index is -4.20. The van der Waals surface area contributed by atoms with Crippen LogP contribution in [-0.4, -0.2) is 28.9 Å². The molecule has 8 heteroatoms. The van der Waals surface area contributed by atoms with Gasteiger partial charge in [-0.15, -0.1) is 0 Å². The van der Waals surface area contributed by atoms with Gasteiger partial charge in [-0.1, -0.05) is 0 Å². The molecule has 0 aliphatic rings. The molecule has 0 unspecified atom stereocenters. The fraction of sp³-hybridized carbons (Fsp3) is 0.231. The average molecular weight is 302 g/mol. The van der Waals surface area contributed by atoms with Crippen LogP contribution < -0.4 is 10.4 Å². The number of benzene rings is 1. The molecule has 1 aromatic heterocycles. The minimum Gasteiger partial charge on any atom is -0.487 e. The molecule has 21 heavy (non-hydrogen) atoms. The van der Waals surface area contributed by atoms with Crippen molar-refractivity contribution in [3.8, 4) is 17.0 Å². The van der Waals surface area contributed by atoms with Crippen molar-refractivity contribution in [2.24, 2.45) is 0 Å². The Bertz CT molecular complexity index is 656. The number of aromatic nitrogens is 2. The zero-order chi connectivity index (χ0) is 15.5. The maximum atomic E-state index is 12.7. The molecule has 4 nitrogen and oxygen atoms in total. The maximum absolute atomic E-state index is 12.7. The average Bonchev–Trinajstić information content (AvgIpc) is 2.45. The van der Waals surface area contributed by atoms with Crippen LogP contribution >= 0.6 is 0 Å². The number of alkyl halides is 4. The van der Waals surface area contributed by atoms with Gasteiger partial charge in [-0.2, -0.15) is 8.78 Å². The Morgan fingerprint density at radius 2 is 1.86 bits per heavy atom. The van der Waals surface area contributed by atoms with Crippen molar-refractivity contribution in [2.75, 3.05) is 6.61 Å². The van der Waals surface area contributed by atoms with E-state index in [1.165, 1.54) is 30.5 Å². The molecule has 0 saturated heterocycles. The van der Waals surface area contributed by atoms with Crippen LogP contribution in [0.25, 0.3) is 11.3 Å². The smallest absolute Gasteiger partial charge is 0.345 e. The number of halogens is 4. The summed E-state index contributed by atoms with van der Waals surface area (Å²) >= 11 is 0. The lowest BCUT2D eigenvalue weighted by Crippen LogP contribution is -2.33. The Morgan fingerprint density at radius 3 is 2.43 bits per heavy atom. The molecule has 0 atom stereocenters. The number of H-pyrrole nitrogens is 1. The lowest BCUT2D eigenvalue weighted by molar-refractivity contribution is -0.148. The molecule has 0 amide bonds. The number of hydrogen-bond donors (Lipinski definition) is 1. The molecular weight excluding hydrogens is 292 g/mol. The summed E-state index contributed by atoms with van der Waals surface area (Å²) in [7, 11) is 0. The van der Waals surface area contributed by atoms with Crippen LogP contribution in [0.2, 0.25) is 0 Å².